The number of nitrogens with two attached hydrogens (primary N) is 1. The number of benzene rings is 1. The van der Waals surface area contributed by atoms with Crippen LogP contribution in [0.5, 0.6) is 0 Å². The van der Waals surface area contributed by atoms with Gasteiger partial charge in [-0.3, -0.25) is 0 Å². The van der Waals surface area contributed by atoms with E-state index in [1.807, 2.05) is 0 Å². The summed E-state index contributed by atoms with van der Waals surface area (Å²) in [7, 11) is 0. The molecule has 0 aliphatic rings. The molecule has 3 N–H and O–H groups in total. The smallest absolute Gasteiger partial charge is 0.388 e. The fourth-order valence-corrected chi connectivity index (χ4v) is 1.84. The van der Waals surface area contributed by atoms with E-state index >= 15 is 0 Å². The van der Waals surface area contributed by atoms with E-state index in [0.29, 0.717) is 16.9 Å². The Labute approximate surface area is 113 Å². The summed E-state index contributed by atoms with van der Waals surface area (Å²) in [6, 6.07) is 7.83. The second-order valence-corrected chi connectivity index (χ2v) is 4.39. The molecule has 0 bridgehead atoms. The first-order valence-electron chi connectivity index (χ1n) is 5.92. The lowest BCUT2D eigenvalue weighted by molar-refractivity contribution is -0.137. The lowest BCUT2D eigenvalue weighted by Gasteiger charge is -2.13. The van der Waals surface area contributed by atoms with Crippen LogP contribution in [0.1, 0.15) is 22.8 Å². The maximum absolute atomic E-state index is 12.4. The molecule has 0 radical (unpaired) electrons. The summed E-state index contributed by atoms with van der Waals surface area (Å²) >= 11 is 0. The molecule has 2 rings (SSSR count). The molecule has 0 saturated heterocycles. The molecule has 0 aliphatic carbocycles. The van der Waals surface area contributed by atoms with Crippen molar-refractivity contribution < 1.29 is 18.3 Å². The molecular weight excluding hydrogens is 269 g/mol. The third-order valence-corrected chi connectivity index (χ3v) is 2.96. The van der Waals surface area contributed by atoms with E-state index in [0.717, 1.165) is 12.1 Å². The van der Waals surface area contributed by atoms with Crippen LogP contribution in [-0.2, 0) is 12.6 Å². The van der Waals surface area contributed by atoms with Crippen LogP contribution in [0.25, 0.3) is 0 Å². The van der Waals surface area contributed by atoms with E-state index in [1.165, 1.54) is 18.3 Å². The SMILES string of the molecule is Nc1ncccc1CC(O)c1ccc(C(F)(F)F)cc1. The summed E-state index contributed by atoms with van der Waals surface area (Å²) in [4.78, 5) is 3.89. The largest absolute Gasteiger partial charge is 0.416 e. The van der Waals surface area contributed by atoms with Gasteiger partial charge in [-0.05, 0) is 29.3 Å². The molecule has 0 fully saturated rings. The van der Waals surface area contributed by atoms with Crippen LogP contribution in [0, 0.1) is 0 Å². The van der Waals surface area contributed by atoms with E-state index in [-0.39, 0.29) is 6.42 Å². The van der Waals surface area contributed by atoms with E-state index in [2.05, 4.69) is 4.98 Å². The zero-order valence-corrected chi connectivity index (χ0v) is 10.4. The van der Waals surface area contributed by atoms with Gasteiger partial charge in [0, 0.05) is 12.6 Å². The molecule has 1 aromatic heterocycles. The van der Waals surface area contributed by atoms with Crippen molar-refractivity contribution in [1.82, 2.24) is 4.98 Å². The molecule has 0 aliphatic heterocycles. The van der Waals surface area contributed by atoms with Gasteiger partial charge in [-0.2, -0.15) is 13.2 Å². The number of aliphatic hydroxyl groups is 1. The second kappa shape index (κ2) is 5.50. The average molecular weight is 282 g/mol. The molecule has 3 nitrogen and oxygen atoms in total. The van der Waals surface area contributed by atoms with Gasteiger partial charge in [0.25, 0.3) is 0 Å². The summed E-state index contributed by atoms with van der Waals surface area (Å²) in [5.41, 5.74) is 5.97. The Morgan fingerprint density at radius 3 is 2.35 bits per heavy atom. The highest BCUT2D eigenvalue weighted by atomic mass is 19.4. The summed E-state index contributed by atoms with van der Waals surface area (Å²) < 4.78 is 37.3. The Balaban J connectivity index is 2.14. The number of hydrogen-bond donors (Lipinski definition) is 2. The topological polar surface area (TPSA) is 59.1 Å². The third kappa shape index (κ3) is 3.27. The van der Waals surface area contributed by atoms with Crippen LogP contribution in [0.2, 0.25) is 0 Å². The van der Waals surface area contributed by atoms with E-state index in [1.54, 1.807) is 12.1 Å². The number of hydrogen-bond acceptors (Lipinski definition) is 3. The van der Waals surface area contributed by atoms with Crippen molar-refractivity contribution in [3.8, 4) is 0 Å². The molecule has 6 heteroatoms. The number of nitrogens with zero attached hydrogens (tertiary/aromatic N) is 1. The van der Waals surface area contributed by atoms with Crippen LogP contribution < -0.4 is 5.73 Å². The molecule has 1 atom stereocenters. The molecule has 1 heterocycles. The van der Waals surface area contributed by atoms with Gasteiger partial charge in [-0.15, -0.1) is 0 Å². The predicted octanol–water partition coefficient (Wildman–Crippen LogP) is 2.96. The fraction of sp³-hybridized carbons (Fsp3) is 0.214. The first kappa shape index (κ1) is 14.3. The van der Waals surface area contributed by atoms with Crippen molar-refractivity contribution in [3.63, 3.8) is 0 Å². The summed E-state index contributed by atoms with van der Waals surface area (Å²) in [6.07, 6.45) is -3.57. The Morgan fingerprint density at radius 1 is 1.15 bits per heavy atom. The Kier molecular flexibility index (Phi) is 3.94. The molecule has 0 spiro atoms. The van der Waals surface area contributed by atoms with Crippen LogP contribution in [0.15, 0.2) is 42.6 Å². The Morgan fingerprint density at radius 2 is 1.80 bits per heavy atom. The van der Waals surface area contributed by atoms with Crippen LogP contribution in [-0.4, -0.2) is 10.1 Å². The van der Waals surface area contributed by atoms with Crippen LogP contribution in [0.3, 0.4) is 0 Å². The quantitative estimate of drug-likeness (QED) is 0.910. The summed E-state index contributed by atoms with van der Waals surface area (Å²) in [5, 5.41) is 10.0. The molecular formula is C14H13F3N2O. The minimum Gasteiger partial charge on any atom is -0.388 e. The highest BCUT2D eigenvalue weighted by Gasteiger charge is 2.30. The van der Waals surface area contributed by atoms with Crippen molar-refractivity contribution >= 4 is 5.82 Å². The summed E-state index contributed by atoms with van der Waals surface area (Å²) in [5.74, 6) is 0.304. The first-order chi connectivity index (χ1) is 9.38. The van der Waals surface area contributed by atoms with Gasteiger partial charge in [-0.1, -0.05) is 18.2 Å². The number of nitrogen functional groups attached to an aromatic ring is 1. The maximum atomic E-state index is 12.4. The van der Waals surface area contributed by atoms with Gasteiger partial charge in [0.05, 0.1) is 11.7 Å². The van der Waals surface area contributed by atoms with Crippen molar-refractivity contribution in [2.75, 3.05) is 5.73 Å². The first-order valence-corrected chi connectivity index (χ1v) is 5.92. The zero-order chi connectivity index (χ0) is 14.8. The lowest BCUT2D eigenvalue weighted by Crippen LogP contribution is -2.07. The molecule has 0 saturated carbocycles. The van der Waals surface area contributed by atoms with Crippen LogP contribution in [0.4, 0.5) is 19.0 Å². The lowest BCUT2D eigenvalue weighted by atomic mass is 10.0. The highest BCUT2D eigenvalue weighted by Crippen LogP contribution is 2.30. The van der Waals surface area contributed by atoms with Gasteiger partial charge >= 0.3 is 6.18 Å². The van der Waals surface area contributed by atoms with Gasteiger partial charge < -0.3 is 10.8 Å². The number of anilines is 1. The maximum Gasteiger partial charge on any atom is 0.416 e. The highest BCUT2D eigenvalue weighted by molar-refractivity contribution is 5.39. The average Bonchev–Trinajstić information content (AvgIpc) is 2.40. The second-order valence-electron chi connectivity index (χ2n) is 4.39. The van der Waals surface area contributed by atoms with Crippen LogP contribution >= 0.6 is 0 Å². The van der Waals surface area contributed by atoms with Gasteiger partial charge in [-0.25, -0.2) is 4.98 Å². The molecule has 0 amide bonds. The normalized spacial score (nSPS) is 13.2. The van der Waals surface area contributed by atoms with E-state index in [9.17, 15) is 18.3 Å². The Bertz CT molecular complexity index is 582. The van der Waals surface area contributed by atoms with Crippen molar-refractivity contribution in [1.29, 1.82) is 0 Å². The van der Waals surface area contributed by atoms with E-state index < -0.39 is 17.8 Å². The van der Waals surface area contributed by atoms with Gasteiger partial charge in [0.15, 0.2) is 0 Å². The monoisotopic (exact) mass is 282 g/mol. The predicted molar refractivity (Wildman–Crippen MR) is 68.8 cm³/mol. The Hall–Kier alpha value is -2.08. The molecule has 1 unspecified atom stereocenters. The van der Waals surface area contributed by atoms with Crippen molar-refractivity contribution in [3.05, 3.63) is 59.3 Å². The number of aromatic nitrogens is 1. The van der Waals surface area contributed by atoms with Gasteiger partial charge in [0.1, 0.15) is 5.82 Å². The van der Waals surface area contributed by atoms with Crippen molar-refractivity contribution in [2.45, 2.75) is 18.7 Å². The van der Waals surface area contributed by atoms with Gasteiger partial charge in [0.2, 0.25) is 0 Å². The third-order valence-electron chi connectivity index (χ3n) is 2.96. The molecule has 106 valence electrons. The number of alkyl halides is 3. The standard InChI is InChI=1S/C14H13F3N2O/c15-14(16,17)11-5-3-9(4-6-11)12(20)8-10-2-1-7-19-13(10)18/h1-7,12,20H,8H2,(H2,18,19). The number of aliphatic hydroxyl groups excluding tert-OH is 1. The number of pyridine rings is 1. The summed E-state index contributed by atoms with van der Waals surface area (Å²) in [6.45, 7) is 0. The number of rotatable bonds is 3. The number of halogens is 3. The fourth-order valence-electron chi connectivity index (χ4n) is 1.84. The zero-order valence-electron chi connectivity index (χ0n) is 10.4. The molecule has 1 aromatic carbocycles. The minimum absolute atomic E-state index is 0.199. The van der Waals surface area contributed by atoms with Crippen molar-refractivity contribution in [2.24, 2.45) is 0 Å². The van der Waals surface area contributed by atoms with E-state index in [4.69, 9.17) is 5.73 Å². The molecule has 20 heavy (non-hydrogen) atoms. The minimum atomic E-state index is -4.38. The molecule has 2 aromatic rings.